The Morgan fingerprint density at radius 1 is 1.09 bits per heavy atom. The molecule has 8 rings (SSSR count). The third kappa shape index (κ3) is 4.61. The summed E-state index contributed by atoms with van der Waals surface area (Å²) in [5.41, 5.74) is 0.171. The normalized spacial score (nSPS) is 28.0. The number of fused-ring (bicyclic) bond motifs is 5. The van der Waals surface area contributed by atoms with E-state index in [-0.39, 0.29) is 53.1 Å². The van der Waals surface area contributed by atoms with E-state index in [1.165, 1.54) is 24.4 Å². The molecule has 5 atom stereocenters. The molecule has 1 saturated carbocycles. The van der Waals surface area contributed by atoms with Gasteiger partial charge in [-0.3, -0.25) is 9.88 Å². The standard InChI is InChI=1S/C34H36F3N5O3/c1-2-23-26(36)7-6-18-10-22(43)11-24(27(18)23)29-28(37)30-25(13-38-29)32(41-14-19-4-5-20(15-41)31(19)44)40-33(39-30)45-17-34-8-3-9-42(34)16-21(35)12-34/h6-7,10-11,13,19-21,31,43-44H,2-5,8-9,12,14-17H2,1H3/t19-,20+,21-,31?,34+/m1/s1. The van der Waals surface area contributed by atoms with E-state index in [1.54, 1.807) is 6.07 Å². The number of hydrogen-bond acceptors (Lipinski definition) is 8. The highest BCUT2D eigenvalue weighted by atomic mass is 19.1. The van der Waals surface area contributed by atoms with E-state index in [1.807, 2.05) is 6.92 Å². The second-order valence-corrected chi connectivity index (χ2v) is 13.3. The number of anilines is 1. The van der Waals surface area contributed by atoms with Crippen molar-refractivity contribution < 1.29 is 28.1 Å². The van der Waals surface area contributed by atoms with Crippen LogP contribution in [0.15, 0.2) is 30.5 Å². The van der Waals surface area contributed by atoms with Crippen LogP contribution in [-0.2, 0) is 6.42 Å². The van der Waals surface area contributed by atoms with E-state index in [4.69, 9.17) is 9.72 Å². The van der Waals surface area contributed by atoms with Crippen LogP contribution in [0.1, 0.15) is 44.6 Å². The topological polar surface area (TPSA) is 94.8 Å². The van der Waals surface area contributed by atoms with Crippen LogP contribution in [0.2, 0.25) is 0 Å². The van der Waals surface area contributed by atoms with Gasteiger partial charge in [0.1, 0.15) is 41.4 Å². The SMILES string of the molecule is CCc1c(F)ccc2cc(O)cc(-c3ncc4c(N5C[C@H]6CC[C@@H](C5)C6O)nc(OC[C@@]56CCCN5C[C@H](F)C6)nc4c3F)c12. The van der Waals surface area contributed by atoms with Crippen LogP contribution in [0.3, 0.4) is 0 Å². The van der Waals surface area contributed by atoms with Crippen LogP contribution in [0.5, 0.6) is 11.8 Å². The van der Waals surface area contributed by atoms with Gasteiger partial charge in [-0.1, -0.05) is 13.0 Å². The van der Waals surface area contributed by atoms with Crippen LogP contribution in [0, 0.1) is 23.5 Å². The predicted octanol–water partition coefficient (Wildman–Crippen LogP) is 5.55. The number of aliphatic hydroxyl groups excluding tert-OH is 1. The van der Waals surface area contributed by atoms with Crippen molar-refractivity contribution >= 4 is 27.5 Å². The Morgan fingerprint density at radius 2 is 1.89 bits per heavy atom. The average molecular weight is 620 g/mol. The number of benzene rings is 2. The fourth-order valence-corrected chi connectivity index (χ4v) is 8.56. The summed E-state index contributed by atoms with van der Waals surface area (Å²) in [6.45, 7) is 4.33. The van der Waals surface area contributed by atoms with E-state index in [0.29, 0.717) is 60.0 Å². The molecule has 45 heavy (non-hydrogen) atoms. The Labute approximate surface area is 258 Å². The molecule has 1 aliphatic carbocycles. The Balaban J connectivity index is 1.27. The van der Waals surface area contributed by atoms with Gasteiger partial charge in [-0.15, -0.1) is 0 Å². The molecule has 0 radical (unpaired) electrons. The maximum atomic E-state index is 16.8. The van der Waals surface area contributed by atoms with Crippen molar-refractivity contribution in [3.63, 3.8) is 0 Å². The van der Waals surface area contributed by atoms with Crippen molar-refractivity contribution in [3.8, 4) is 23.0 Å². The molecule has 2 aromatic carbocycles. The summed E-state index contributed by atoms with van der Waals surface area (Å²) >= 11 is 0. The summed E-state index contributed by atoms with van der Waals surface area (Å²) in [7, 11) is 0. The van der Waals surface area contributed by atoms with Gasteiger partial charge in [0.05, 0.1) is 17.0 Å². The molecule has 8 nitrogen and oxygen atoms in total. The highest BCUT2D eigenvalue weighted by Gasteiger charge is 2.49. The fourth-order valence-electron chi connectivity index (χ4n) is 8.56. The van der Waals surface area contributed by atoms with Crippen LogP contribution in [0.4, 0.5) is 19.0 Å². The van der Waals surface area contributed by atoms with Gasteiger partial charge in [-0.2, -0.15) is 9.97 Å². The molecule has 0 amide bonds. The van der Waals surface area contributed by atoms with Gasteiger partial charge in [-0.05, 0) is 73.2 Å². The summed E-state index contributed by atoms with van der Waals surface area (Å²) in [5.74, 6) is -0.587. The van der Waals surface area contributed by atoms with Gasteiger partial charge in [0, 0.05) is 49.7 Å². The minimum Gasteiger partial charge on any atom is -0.508 e. The first-order valence-corrected chi connectivity index (χ1v) is 16.0. The number of aromatic hydroxyl groups is 1. The third-order valence-electron chi connectivity index (χ3n) is 10.7. The van der Waals surface area contributed by atoms with Gasteiger partial charge in [0.2, 0.25) is 0 Å². The zero-order valence-electron chi connectivity index (χ0n) is 25.1. The molecule has 2 N–H and O–H groups in total. The maximum absolute atomic E-state index is 16.8. The number of phenols is 1. The molecule has 2 bridgehead atoms. The first-order chi connectivity index (χ1) is 21.7. The maximum Gasteiger partial charge on any atom is 0.319 e. The molecule has 3 aliphatic heterocycles. The lowest BCUT2D eigenvalue weighted by molar-refractivity contribution is 0.0790. The van der Waals surface area contributed by atoms with E-state index in [0.717, 1.165) is 32.2 Å². The number of hydrogen-bond donors (Lipinski definition) is 2. The lowest BCUT2D eigenvalue weighted by atomic mass is 9.94. The van der Waals surface area contributed by atoms with Gasteiger partial charge >= 0.3 is 6.01 Å². The highest BCUT2D eigenvalue weighted by Crippen LogP contribution is 2.43. The average Bonchev–Trinajstić information content (AvgIpc) is 3.60. The van der Waals surface area contributed by atoms with Crippen molar-refractivity contribution in [2.75, 3.05) is 37.7 Å². The zero-order chi connectivity index (χ0) is 31.0. The molecule has 2 aromatic heterocycles. The number of aliphatic hydroxyl groups is 1. The van der Waals surface area contributed by atoms with E-state index < -0.39 is 23.3 Å². The van der Waals surface area contributed by atoms with Crippen LogP contribution in [-0.4, -0.2) is 80.7 Å². The fraction of sp³-hybridized carbons (Fsp3) is 0.500. The Kier molecular flexibility index (Phi) is 6.83. The number of pyridine rings is 1. The van der Waals surface area contributed by atoms with Gasteiger partial charge in [0.25, 0.3) is 0 Å². The number of alkyl halides is 1. The lowest BCUT2D eigenvalue weighted by Gasteiger charge is -2.36. The number of piperidine rings is 1. The summed E-state index contributed by atoms with van der Waals surface area (Å²) in [6, 6.07) is 5.84. The van der Waals surface area contributed by atoms with Gasteiger partial charge < -0.3 is 19.8 Å². The molecule has 4 fully saturated rings. The quantitative estimate of drug-likeness (QED) is 0.290. The number of nitrogens with zero attached hydrogens (tertiary/aromatic N) is 5. The molecule has 5 heterocycles. The summed E-state index contributed by atoms with van der Waals surface area (Å²) in [5, 5.41) is 22.7. The first-order valence-electron chi connectivity index (χ1n) is 16.0. The molecule has 0 spiro atoms. The number of phenolic OH excluding ortho intramolecular Hbond substituents is 1. The minimum atomic E-state index is -0.918. The molecule has 1 unspecified atom stereocenters. The van der Waals surface area contributed by atoms with Gasteiger partial charge in [-0.25, -0.2) is 13.2 Å². The molecule has 4 aliphatic rings. The van der Waals surface area contributed by atoms with Crippen molar-refractivity contribution in [3.05, 3.63) is 47.7 Å². The van der Waals surface area contributed by atoms with Crippen LogP contribution < -0.4 is 9.64 Å². The third-order valence-corrected chi connectivity index (χ3v) is 10.7. The second-order valence-electron chi connectivity index (χ2n) is 13.3. The predicted molar refractivity (Wildman–Crippen MR) is 164 cm³/mol. The molecule has 4 aromatic rings. The van der Waals surface area contributed by atoms with Crippen molar-refractivity contribution in [1.82, 2.24) is 19.9 Å². The lowest BCUT2D eigenvalue weighted by Crippen LogP contribution is -2.45. The number of aryl methyl sites for hydroxylation is 1. The summed E-state index contributed by atoms with van der Waals surface area (Å²) in [6.07, 6.45) is 4.57. The molecule has 11 heteroatoms. The zero-order valence-corrected chi connectivity index (χ0v) is 25.1. The smallest absolute Gasteiger partial charge is 0.319 e. The largest absolute Gasteiger partial charge is 0.508 e. The molecular formula is C34H36F3N5O3. The molecular weight excluding hydrogens is 583 g/mol. The Bertz CT molecular complexity index is 1810. The van der Waals surface area contributed by atoms with E-state index in [9.17, 15) is 19.0 Å². The van der Waals surface area contributed by atoms with Gasteiger partial charge in [0.15, 0.2) is 5.82 Å². The minimum absolute atomic E-state index is 0.0000173. The number of aromatic nitrogens is 3. The Hall–Kier alpha value is -3.70. The molecule has 236 valence electrons. The summed E-state index contributed by atoms with van der Waals surface area (Å²) < 4.78 is 52.5. The Morgan fingerprint density at radius 3 is 2.67 bits per heavy atom. The van der Waals surface area contributed by atoms with Crippen molar-refractivity contribution in [2.24, 2.45) is 11.8 Å². The van der Waals surface area contributed by atoms with E-state index >= 15 is 4.39 Å². The number of halogens is 3. The number of rotatable bonds is 6. The van der Waals surface area contributed by atoms with Crippen LogP contribution in [0.25, 0.3) is 32.9 Å². The summed E-state index contributed by atoms with van der Waals surface area (Å²) in [4.78, 5) is 18.1. The van der Waals surface area contributed by atoms with Crippen molar-refractivity contribution in [2.45, 2.75) is 63.3 Å². The van der Waals surface area contributed by atoms with E-state index in [2.05, 4.69) is 19.8 Å². The molecule has 3 saturated heterocycles. The van der Waals surface area contributed by atoms with Crippen molar-refractivity contribution in [1.29, 1.82) is 0 Å². The van der Waals surface area contributed by atoms with Crippen LogP contribution >= 0.6 is 0 Å². The monoisotopic (exact) mass is 619 g/mol. The highest BCUT2D eigenvalue weighted by molar-refractivity contribution is 6.01. The first kappa shape index (κ1) is 28.8. The number of ether oxygens (including phenoxy) is 1. The second kappa shape index (κ2) is 10.7.